The van der Waals surface area contributed by atoms with Crippen molar-refractivity contribution >= 4 is 26.0 Å². The molecule has 2 unspecified atom stereocenters. The van der Waals surface area contributed by atoms with Crippen LogP contribution in [-0.2, 0) is 10.0 Å². The monoisotopic (exact) mass is 348 g/mol. The van der Waals surface area contributed by atoms with Crippen molar-refractivity contribution in [3.63, 3.8) is 0 Å². The molecule has 0 saturated heterocycles. The summed E-state index contributed by atoms with van der Waals surface area (Å²) in [7, 11) is -3.53. The Bertz CT molecular complexity index is 536. The quantitative estimate of drug-likeness (QED) is 0.845. The van der Waals surface area contributed by atoms with Crippen molar-refractivity contribution in [3.8, 4) is 0 Å². The molecule has 1 aromatic heterocycles. The average Bonchev–Trinajstić information content (AvgIpc) is 2.84. The molecule has 1 aliphatic rings. The molecule has 2 atom stereocenters. The molecule has 106 valence electrons. The van der Waals surface area contributed by atoms with Crippen molar-refractivity contribution in [1.29, 1.82) is 0 Å². The van der Waals surface area contributed by atoms with Gasteiger partial charge in [0, 0.05) is 30.0 Å². The Labute approximate surface area is 121 Å². The summed E-state index contributed by atoms with van der Waals surface area (Å²) in [6, 6.07) is 1.52. The van der Waals surface area contributed by atoms with E-state index >= 15 is 0 Å². The van der Waals surface area contributed by atoms with Gasteiger partial charge in [-0.1, -0.05) is 6.42 Å². The molecule has 1 aliphatic carbocycles. The Balaban J connectivity index is 2.02. The van der Waals surface area contributed by atoms with Crippen LogP contribution in [0.25, 0.3) is 0 Å². The molecule has 0 bridgehead atoms. The van der Waals surface area contributed by atoms with Crippen LogP contribution in [0.5, 0.6) is 0 Å². The number of aliphatic hydroxyl groups is 1. The maximum atomic E-state index is 12.1. The second kappa shape index (κ2) is 6.30. The fourth-order valence-electron chi connectivity index (χ4n) is 2.46. The number of sulfonamides is 1. The number of aromatic nitrogens is 1. The van der Waals surface area contributed by atoms with E-state index in [1.165, 1.54) is 18.5 Å². The van der Waals surface area contributed by atoms with Gasteiger partial charge in [-0.15, -0.1) is 0 Å². The highest BCUT2D eigenvalue weighted by atomic mass is 79.9. The lowest BCUT2D eigenvalue weighted by Crippen LogP contribution is -2.31. The average molecular weight is 349 g/mol. The molecule has 2 rings (SSSR count). The van der Waals surface area contributed by atoms with E-state index in [0.29, 0.717) is 11.0 Å². The number of pyridine rings is 1. The number of hydrogen-bond donors (Lipinski definition) is 2. The second-order valence-corrected chi connectivity index (χ2v) is 7.51. The molecule has 0 aliphatic heterocycles. The van der Waals surface area contributed by atoms with Crippen molar-refractivity contribution in [2.45, 2.75) is 24.2 Å². The molecule has 0 radical (unpaired) electrons. The van der Waals surface area contributed by atoms with Gasteiger partial charge in [0.15, 0.2) is 0 Å². The summed E-state index contributed by atoms with van der Waals surface area (Å²) in [5.74, 6) is 0.434. The first kappa shape index (κ1) is 14.9. The van der Waals surface area contributed by atoms with Crippen molar-refractivity contribution in [3.05, 3.63) is 22.9 Å². The number of halogens is 1. The van der Waals surface area contributed by atoms with Gasteiger partial charge >= 0.3 is 0 Å². The minimum absolute atomic E-state index is 0.130. The zero-order valence-electron chi connectivity index (χ0n) is 10.4. The van der Waals surface area contributed by atoms with E-state index in [4.69, 9.17) is 0 Å². The van der Waals surface area contributed by atoms with Crippen LogP contribution in [0.15, 0.2) is 27.8 Å². The number of hydrogen-bond acceptors (Lipinski definition) is 4. The first-order chi connectivity index (χ1) is 9.03. The van der Waals surface area contributed by atoms with Gasteiger partial charge in [0.25, 0.3) is 0 Å². The summed E-state index contributed by atoms with van der Waals surface area (Å²) in [6.45, 7) is 0.505. The molecule has 7 heteroatoms. The van der Waals surface area contributed by atoms with E-state index in [2.05, 4.69) is 25.6 Å². The van der Waals surface area contributed by atoms with Crippen molar-refractivity contribution in [2.24, 2.45) is 11.8 Å². The Morgan fingerprint density at radius 3 is 2.79 bits per heavy atom. The highest BCUT2D eigenvalue weighted by Crippen LogP contribution is 2.31. The summed E-state index contributed by atoms with van der Waals surface area (Å²) in [4.78, 5) is 4.01. The normalized spacial score (nSPS) is 23.7. The lowest BCUT2D eigenvalue weighted by Gasteiger charge is -2.17. The number of aliphatic hydroxyl groups excluding tert-OH is 1. The third-order valence-electron chi connectivity index (χ3n) is 3.58. The van der Waals surface area contributed by atoms with Gasteiger partial charge in [-0.25, -0.2) is 13.1 Å². The lowest BCUT2D eigenvalue weighted by molar-refractivity contribution is 0.195. The summed E-state index contributed by atoms with van der Waals surface area (Å²) < 4.78 is 27.4. The number of rotatable bonds is 5. The van der Waals surface area contributed by atoms with Crippen LogP contribution in [0.4, 0.5) is 0 Å². The van der Waals surface area contributed by atoms with Crippen LogP contribution in [-0.4, -0.2) is 31.7 Å². The standard InChI is InChI=1S/C12H17BrN2O3S/c13-11-4-12(7-14-6-11)19(17,18)15-5-9-2-1-3-10(9)8-16/h4,6-7,9-10,15-16H,1-3,5,8H2. The Kier molecular flexibility index (Phi) is 4.94. The highest BCUT2D eigenvalue weighted by molar-refractivity contribution is 9.10. The molecule has 1 heterocycles. The molecule has 1 aromatic rings. The van der Waals surface area contributed by atoms with Gasteiger partial charge in [0.2, 0.25) is 10.0 Å². The molecule has 1 saturated carbocycles. The number of nitrogens with zero attached hydrogens (tertiary/aromatic N) is 1. The molecule has 0 aromatic carbocycles. The van der Waals surface area contributed by atoms with Gasteiger partial charge in [-0.2, -0.15) is 0 Å². The van der Waals surface area contributed by atoms with Gasteiger partial charge in [0.05, 0.1) is 0 Å². The first-order valence-corrected chi connectivity index (χ1v) is 8.51. The largest absolute Gasteiger partial charge is 0.396 e. The van der Waals surface area contributed by atoms with Crippen molar-refractivity contribution in [1.82, 2.24) is 9.71 Å². The van der Waals surface area contributed by atoms with Crippen LogP contribution in [0.2, 0.25) is 0 Å². The predicted molar refractivity (Wildman–Crippen MR) is 75.0 cm³/mol. The first-order valence-electron chi connectivity index (χ1n) is 6.24. The second-order valence-electron chi connectivity index (χ2n) is 4.82. The minimum Gasteiger partial charge on any atom is -0.396 e. The molecule has 5 nitrogen and oxygen atoms in total. The summed E-state index contributed by atoms with van der Waals surface area (Å²) in [5.41, 5.74) is 0. The molecular weight excluding hydrogens is 332 g/mol. The van der Waals surface area contributed by atoms with Crippen LogP contribution < -0.4 is 4.72 Å². The Morgan fingerprint density at radius 1 is 1.37 bits per heavy atom. The van der Waals surface area contributed by atoms with E-state index in [1.807, 2.05) is 0 Å². The lowest BCUT2D eigenvalue weighted by atomic mass is 9.97. The fourth-order valence-corrected chi connectivity index (χ4v) is 4.06. The zero-order valence-corrected chi connectivity index (χ0v) is 12.8. The van der Waals surface area contributed by atoms with E-state index in [0.717, 1.165) is 19.3 Å². The Morgan fingerprint density at radius 2 is 2.11 bits per heavy atom. The number of nitrogens with one attached hydrogen (secondary N) is 1. The fraction of sp³-hybridized carbons (Fsp3) is 0.583. The van der Waals surface area contributed by atoms with Crippen molar-refractivity contribution in [2.75, 3.05) is 13.2 Å². The van der Waals surface area contributed by atoms with E-state index in [9.17, 15) is 13.5 Å². The predicted octanol–water partition coefficient (Wildman–Crippen LogP) is 1.53. The van der Waals surface area contributed by atoms with Gasteiger partial charge in [0.1, 0.15) is 4.90 Å². The molecule has 2 N–H and O–H groups in total. The SMILES string of the molecule is O=S(=O)(NCC1CCCC1CO)c1cncc(Br)c1. The minimum atomic E-state index is -3.53. The molecule has 0 amide bonds. The van der Waals surface area contributed by atoms with Gasteiger partial charge in [-0.3, -0.25) is 4.98 Å². The Hall–Kier alpha value is -0.500. The van der Waals surface area contributed by atoms with Crippen LogP contribution in [0, 0.1) is 11.8 Å². The topological polar surface area (TPSA) is 79.3 Å². The maximum Gasteiger partial charge on any atom is 0.242 e. The zero-order chi connectivity index (χ0) is 13.9. The van der Waals surface area contributed by atoms with Gasteiger partial charge < -0.3 is 5.11 Å². The van der Waals surface area contributed by atoms with Crippen LogP contribution in [0.3, 0.4) is 0 Å². The van der Waals surface area contributed by atoms with Crippen LogP contribution >= 0.6 is 15.9 Å². The maximum absolute atomic E-state index is 12.1. The van der Waals surface area contributed by atoms with Crippen molar-refractivity contribution < 1.29 is 13.5 Å². The summed E-state index contributed by atoms with van der Waals surface area (Å²) in [5, 5.41) is 9.23. The van der Waals surface area contributed by atoms with E-state index < -0.39 is 10.0 Å². The summed E-state index contributed by atoms with van der Waals surface area (Å²) >= 11 is 3.20. The highest BCUT2D eigenvalue weighted by Gasteiger charge is 2.28. The molecule has 19 heavy (non-hydrogen) atoms. The smallest absolute Gasteiger partial charge is 0.242 e. The molecule has 1 fully saturated rings. The van der Waals surface area contributed by atoms with Crippen LogP contribution in [0.1, 0.15) is 19.3 Å². The third kappa shape index (κ3) is 3.75. The van der Waals surface area contributed by atoms with Gasteiger partial charge in [-0.05, 0) is 46.7 Å². The summed E-state index contributed by atoms with van der Waals surface area (Å²) in [6.07, 6.45) is 5.85. The molecule has 0 spiro atoms. The molecular formula is C12H17BrN2O3S. The third-order valence-corrected chi connectivity index (χ3v) is 5.40. The van der Waals surface area contributed by atoms with E-state index in [1.54, 1.807) is 0 Å². The van der Waals surface area contributed by atoms with E-state index in [-0.39, 0.29) is 23.3 Å².